The molecule has 1 fully saturated rings. The molecule has 1 rings (SSSR count). The maximum atomic E-state index is 5.79. The van der Waals surface area contributed by atoms with E-state index in [4.69, 9.17) is 10.5 Å². The summed E-state index contributed by atoms with van der Waals surface area (Å²) in [5, 5.41) is 0. The highest BCUT2D eigenvalue weighted by Gasteiger charge is 2.21. The van der Waals surface area contributed by atoms with E-state index >= 15 is 0 Å². The van der Waals surface area contributed by atoms with Crippen LogP contribution in [0.5, 0.6) is 0 Å². The van der Waals surface area contributed by atoms with Gasteiger partial charge in [0, 0.05) is 12.6 Å². The van der Waals surface area contributed by atoms with E-state index in [2.05, 4.69) is 6.58 Å². The van der Waals surface area contributed by atoms with Crippen molar-refractivity contribution in [1.29, 1.82) is 0 Å². The van der Waals surface area contributed by atoms with Crippen LogP contribution in [0.25, 0.3) is 0 Å². The van der Waals surface area contributed by atoms with Crippen LogP contribution in [0.15, 0.2) is 12.7 Å². The first-order chi connectivity index (χ1) is 4.84. The molecule has 0 aliphatic carbocycles. The summed E-state index contributed by atoms with van der Waals surface area (Å²) >= 11 is 0. The van der Waals surface area contributed by atoms with Crippen molar-refractivity contribution in [2.75, 3.05) is 6.61 Å². The normalized spacial score (nSPS) is 28.3. The SMILES string of the molecule is C=CCC(N)C1CCCO1. The van der Waals surface area contributed by atoms with Gasteiger partial charge in [-0.2, -0.15) is 0 Å². The molecule has 2 heteroatoms. The molecule has 0 aromatic rings. The molecular weight excluding hydrogens is 126 g/mol. The van der Waals surface area contributed by atoms with Crippen molar-refractivity contribution in [2.24, 2.45) is 5.73 Å². The molecule has 2 nitrogen and oxygen atoms in total. The third-order valence-electron chi connectivity index (χ3n) is 1.88. The third-order valence-corrected chi connectivity index (χ3v) is 1.88. The molecule has 0 aromatic carbocycles. The van der Waals surface area contributed by atoms with Gasteiger partial charge in [0.15, 0.2) is 0 Å². The first kappa shape index (κ1) is 7.76. The van der Waals surface area contributed by atoms with Gasteiger partial charge in [-0.1, -0.05) is 6.08 Å². The van der Waals surface area contributed by atoms with E-state index in [1.807, 2.05) is 6.08 Å². The summed E-state index contributed by atoms with van der Waals surface area (Å²) in [5.41, 5.74) is 5.79. The first-order valence-electron chi connectivity index (χ1n) is 3.82. The van der Waals surface area contributed by atoms with Crippen LogP contribution in [-0.4, -0.2) is 18.8 Å². The molecular formula is C8H15NO. The van der Waals surface area contributed by atoms with E-state index in [9.17, 15) is 0 Å². The van der Waals surface area contributed by atoms with Crippen molar-refractivity contribution in [1.82, 2.24) is 0 Å². The van der Waals surface area contributed by atoms with E-state index in [1.54, 1.807) is 0 Å². The summed E-state index contributed by atoms with van der Waals surface area (Å²) in [4.78, 5) is 0. The highest BCUT2D eigenvalue weighted by molar-refractivity contribution is 4.83. The zero-order valence-corrected chi connectivity index (χ0v) is 6.25. The average Bonchev–Trinajstić information content (AvgIpc) is 2.38. The van der Waals surface area contributed by atoms with Crippen LogP contribution in [0.3, 0.4) is 0 Å². The molecule has 2 unspecified atom stereocenters. The van der Waals surface area contributed by atoms with Crippen molar-refractivity contribution in [3.63, 3.8) is 0 Å². The smallest absolute Gasteiger partial charge is 0.0729 e. The molecule has 1 aliphatic rings. The first-order valence-corrected chi connectivity index (χ1v) is 3.82. The van der Waals surface area contributed by atoms with Crippen LogP contribution in [0.1, 0.15) is 19.3 Å². The molecule has 1 saturated heterocycles. The lowest BCUT2D eigenvalue weighted by Crippen LogP contribution is -2.33. The molecule has 0 bridgehead atoms. The zero-order chi connectivity index (χ0) is 7.40. The quantitative estimate of drug-likeness (QED) is 0.597. The van der Waals surface area contributed by atoms with Gasteiger partial charge in [-0.25, -0.2) is 0 Å². The summed E-state index contributed by atoms with van der Waals surface area (Å²) in [6.45, 7) is 4.52. The van der Waals surface area contributed by atoms with Gasteiger partial charge in [0.2, 0.25) is 0 Å². The second-order valence-corrected chi connectivity index (χ2v) is 2.74. The number of rotatable bonds is 3. The second kappa shape index (κ2) is 3.74. The summed E-state index contributed by atoms with van der Waals surface area (Å²) in [5.74, 6) is 0. The standard InChI is InChI=1S/C8H15NO/c1-2-4-7(9)8-5-3-6-10-8/h2,7-8H,1,3-6,9H2. The Labute approximate surface area is 62.1 Å². The minimum Gasteiger partial charge on any atom is -0.377 e. The van der Waals surface area contributed by atoms with Crippen molar-refractivity contribution in [3.05, 3.63) is 12.7 Å². The number of hydrogen-bond acceptors (Lipinski definition) is 2. The van der Waals surface area contributed by atoms with Crippen LogP contribution in [0.2, 0.25) is 0 Å². The summed E-state index contributed by atoms with van der Waals surface area (Å²) < 4.78 is 5.39. The number of hydrogen-bond donors (Lipinski definition) is 1. The maximum Gasteiger partial charge on any atom is 0.0729 e. The van der Waals surface area contributed by atoms with Crippen LogP contribution in [-0.2, 0) is 4.74 Å². The molecule has 2 atom stereocenters. The van der Waals surface area contributed by atoms with Gasteiger partial charge in [0.1, 0.15) is 0 Å². The third kappa shape index (κ3) is 1.82. The monoisotopic (exact) mass is 141 g/mol. The fraction of sp³-hybridized carbons (Fsp3) is 0.750. The molecule has 0 amide bonds. The highest BCUT2D eigenvalue weighted by Crippen LogP contribution is 2.15. The van der Waals surface area contributed by atoms with Crippen LogP contribution < -0.4 is 5.73 Å². The lowest BCUT2D eigenvalue weighted by atomic mass is 10.1. The Morgan fingerprint density at radius 1 is 1.80 bits per heavy atom. The van der Waals surface area contributed by atoms with Crippen LogP contribution in [0, 0.1) is 0 Å². The van der Waals surface area contributed by atoms with E-state index in [0.29, 0.717) is 0 Å². The van der Waals surface area contributed by atoms with Crippen LogP contribution in [0.4, 0.5) is 0 Å². The Hall–Kier alpha value is -0.340. The molecule has 1 heterocycles. The Bertz CT molecular complexity index is 108. The van der Waals surface area contributed by atoms with E-state index < -0.39 is 0 Å². The highest BCUT2D eigenvalue weighted by atomic mass is 16.5. The Balaban J connectivity index is 2.24. The van der Waals surface area contributed by atoms with Crippen molar-refractivity contribution in [2.45, 2.75) is 31.4 Å². The predicted octanol–water partition coefficient (Wildman–Crippen LogP) is 1.07. The molecule has 10 heavy (non-hydrogen) atoms. The minimum absolute atomic E-state index is 0.167. The molecule has 58 valence electrons. The fourth-order valence-corrected chi connectivity index (χ4v) is 1.28. The molecule has 2 N–H and O–H groups in total. The van der Waals surface area contributed by atoms with Gasteiger partial charge < -0.3 is 10.5 Å². The number of ether oxygens (including phenoxy) is 1. The molecule has 0 saturated carbocycles. The average molecular weight is 141 g/mol. The zero-order valence-electron chi connectivity index (χ0n) is 6.25. The largest absolute Gasteiger partial charge is 0.377 e. The van der Waals surface area contributed by atoms with E-state index in [1.165, 1.54) is 0 Å². The van der Waals surface area contributed by atoms with Crippen molar-refractivity contribution in [3.8, 4) is 0 Å². The Morgan fingerprint density at radius 2 is 2.60 bits per heavy atom. The van der Waals surface area contributed by atoms with E-state index in [0.717, 1.165) is 25.9 Å². The summed E-state index contributed by atoms with van der Waals surface area (Å²) in [7, 11) is 0. The van der Waals surface area contributed by atoms with Gasteiger partial charge in [-0.3, -0.25) is 0 Å². The molecule has 0 aromatic heterocycles. The van der Waals surface area contributed by atoms with Crippen molar-refractivity contribution >= 4 is 0 Å². The van der Waals surface area contributed by atoms with Crippen molar-refractivity contribution < 1.29 is 4.74 Å². The Kier molecular flexibility index (Phi) is 2.90. The minimum atomic E-state index is 0.167. The second-order valence-electron chi connectivity index (χ2n) is 2.74. The van der Waals surface area contributed by atoms with Gasteiger partial charge in [0.05, 0.1) is 6.10 Å². The molecule has 0 radical (unpaired) electrons. The topological polar surface area (TPSA) is 35.2 Å². The van der Waals surface area contributed by atoms with Gasteiger partial charge in [-0.15, -0.1) is 6.58 Å². The Morgan fingerprint density at radius 3 is 3.10 bits per heavy atom. The summed E-state index contributed by atoms with van der Waals surface area (Å²) in [6.07, 6.45) is 5.29. The van der Waals surface area contributed by atoms with Gasteiger partial charge in [0.25, 0.3) is 0 Å². The predicted molar refractivity (Wildman–Crippen MR) is 41.8 cm³/mol. The van der Waals surface area contributed by atoms with E-state index in [-0.39, 0.29) is 12.1 Å². The number of nitrogens with two attached hydrogens (primary N) is 1. The fourth-order valence-electron chi connectivity index (χ4n) is 1.28. The lowest BCUT2D eigenvalue weighted by Gasteiger charge is -2.15. The van der Waals surface area contributed by atoms with Crippen LogP contribution >= 0.6 is 0 Å². The molecule has 1 aliphatic heterocycles. The maximum absolute atomic E-state index is 5.79. The van der Waals surface area contributed by atoms with Gasteiger partial charge in [-0.05, 0) is 19.3 Å². The lowest BCUT2D eigenvalue weighted by molar-refractivity contribution is 0.0907. The summed E-state index contributed by atoms with van der Waals surface area (Å²) in [6, 6.07) is 0.167. The molecule has 0 spiro atoms. The van der Waals surface area contributed by atoms with Gasteiger partial charge >= 0.3 is 0 Å².